The molecule has 0 atom stereocenters. The fraction of sp³-hybridized carbons (Fsp3) is 0.455. The summed E-state index contributed by atoms with van der Waals surface area (Å²) in [6, 6.07) is 3.93. The summed E-state index contributed by atoms with van der Waals surface area (Å²) >= 11 is 0. The zero-order chi connectivity index (χ0) is 23.3. The molecule has 0 saturated carbocycles. The Kier molecular flexibility index (Phi) is 7.01. The van der Waals surface area contributed by atoms with Gasteiger partial charge in [0.1, 0.15) is 12.1 Å². The predicted octanol–water partition coefficient (Wildman–Crippen LogP) is 2.63. The maximum absolute atomic E-state index is 12.2. The highest BCUT2D eigenvalue weighted by molar-refractivity contribution is 5.81. The number of alkyl carbamates (subject to hydrolysis) is 1. The molecular formula is C22H30N6O4. The quantitative estimate of drug-likeness (QED) is 0.535. The second-order valence-electron chi connectivity index (χ2n) is 8.34. The van der Waals surface area contributed by atoms with E-state index in [2.05, 4.69) is 15.5 Å². The van der Waals surface area contributed by atoms with Crippen molar-refractivity contribution in [3.63, 3.8) is 0 Å². The van der Waals surface area contributed by atoms with Crippen molar-refractivity contribution in [1.29, 1.82) is 0 Å². The smallest absolute Gasteiger partial charge is 0.407 e. The van der Waals surface area contributed by atoms with E-state index >= 15 is 0 Å². The molecule has 3 aromatic rings. The van der Waals surface area contributed by atoms with Gasteiger partial charge in [0.15, 0.2) is 0 Å². The molecule has 1 N–H and O–H groups in total. The Hall–Kier alpha value is -3.56. The van der Waals surface area contributed by atoms with Crippen LogP contribution in [0.4, 0.5) is 10.5 Å². The van der Waals surface area contributed by atoms with E-state index in [4.69, 9.17) is 9.47 Å². The average Bonchev–Trinajstić information content (AvgIpc) is 3.31. The molecule has 0 aliphatic rings. The first-order valence-electron chi connectivity index (χ1n) is 10.5. The van der Waals surface area contributed by atoms with E-state index in [1.165, 1.54) is 0 Å². The Balaban J connectivity index is 1.78. The predicted molar refractivity (Wildman–Crippen MR) is 120 cm³/mol. The number of hydrogen-bond acceptors (Lipinski definition) is 7. The molecule has 0 bridgehead atoms. The molecule has 0 aliphatic heterocycles. The van der Waals surface area contributed by atoms with E-state index < -0.39 is 11.7 Å². The number of carbonyl (C=O) groups is 2. The molecule has 10 heteroatoms. The van der Waals surface area contributed by atoms with E-state index in [1.807, 2.05) is 36.5 Å². The van der Waals surface area contributed by atoms with E-state index in [9.17, 15) is 9.59 Å². The van der Waals surface area contributed by atoms with Crippen LogP contribution in [-0.2, 0) is 21.3 Å². The summed E-state index contributed by atoms with van der Waals surface area (Å²) in [5.74, 6) is -0.351. The van der Waals surface area contributed by atoms with Gasteiger partial charge in [-0.1, -0.05) is 6.07 Å². The van der Waals surface area contributed by atoms with E-state index in [-0.39, 0.29) is 12.5 Å². The third kappa shape index (κ3) is 5.99. The van der Waals surface area contributed by atoms with Crippen LogP contribution in [0.2, 0.25) is 0 Å². The summed E-state index contributed by atoms with van der Waals surface area (Å²) in [5, 5.41) is 11.4. The van der Waals surface area contributed by atoms with Crippen LogP contribution in [0.15, 0.2) is 36.9 Å². The second kappa shape index (κ2) is 9.71. The van der Waals surface area contributed by atoms with Gasteiger partial charge >= 0.3 is 12.1 Å². The van der Waals surface area contributed by atoms with Crippen molar-refractivity contribution in [2.45, 2.75) is 33.3 Å². The molecule has 32 heavy (non-hydrogen) atoms. The first-order valence-corrected chi connectivity index (χ1v) is 10.5. The minimum Gasteiger partial charge on any atom is -0.465 e. The Morgan fingerprint density at radius 3 is 2.56 bits per heavy atom. The molecule has 10 nitrogen and oxygen atoms in total. The van der Waals surface area contributed by atoms with E-state index in [1.54, 1.807) is 49.3 Å². The van der Waals surface area contributed by atoms with Gasteiger partial charge in [-0.25, -0.2) is 9.31 Å². The molecule has 1 amide bonds. The summed E-state index contributed by atoms with van der Waals surface area (Å²) in [5.41, 5.74) is 2.98. The highest BCUT2D eigenvalue weighted by atomic mass is 16.6. The Labute approximate surface area is 187 Å². The van der Waals surface area contributed by atoms with Crippen LogP contribution in [-0.4, -0.2) is 63.3 Å². The van der Waals surface area contributed by atoms with Crippen molar-refractivity contribution in [3.05, 3.63) is 36.9 Å². The number of esters is 1. The lowest BCUT2D eigenvalue weighted by Crippen LogP contribution is -2.40. The number of fused-ring (bicyclic) bond motifs is 1. The van der Waals surface area contributed by atoms with Gasteiger partial charge in [0.2, 0.25) is 0 Å². The van der Waals surface area contributed by atoms with Gasteiger partial charge in [-0.15, -0.1) is 0 Å². The molecule has 0 aliphatic carbocycles. The van der Waals surface area contributed by atoms with Gasteiger partial charge in [-0.3, -0.25) is 9.48 Å². The number of nitrogens with zero attached hydrogens (tertiary/aromatic N) is 5. The van der Waals surface area contributed by atoms with Crippen LogP contribution in [0.1, 0.15) is 27.7 Å². The molecule has 172 valence electrons. The lowest BCUT2D eigenvalue weighted by Gasteiger charge is -2.24. The summed E-state index contributed by atoms with van der Waals surface area (Å²) in [4.78, 5) is 26.0. The van der Waals surface area contributed by atoms with Crippen molar-refractivity contribution in [2.24, 2.45) is 7.05 Å². The maximum Gasteiger partial charge on any atom is 0.407 e. The SMILES string of the molecule is CCOC(=O)CN(CCNC(=O)OC(C)(C)C)c1cnn2cc(-c3cnn(C)c3)ccc12. The van der Waals surface area contributed by atoms with Crippen LogP contribution < -0.4 is 10.2 Å². The van der Waals surface area contributed by atoms with Gasteiger partial charge in [-0.2, -0.15) is 10.2 Å². The largest absolute Gasteiger partial charge is 0.465 e. The Morgan fingerprint density at radius 1 is 1.12 bits per heavy atom. The number of ether oxygens (including phenoxy) is 2. The van der Waals surface area contributed by atoms with Gasteiger partial charge in [0.05, 0.1) is 30.2 Å². The highest BCUT2D eigenvalue weighted by Gasteiger charge is 2.19. The molecular weight excluding hydrogens is 412 g/mol. The molecule has 3 aromatic heterocycles. The monoisotopic (exact) mass is 442 g/mol. The van der Waals surface area contributed by atoms with Crippen LogP contribution in [0.5, 0.6) is 0 Å². The fourth-order valence-corrected chi connectivity index (χ4v) is 3.21. The van der Waals surface area contributed by atoms with Gasteiger partial charge < -0.3 is 19.7 Å². The second-order valence-corrected chi connectivity index (χ2v) is 8.34. The summed E-state index contributed by atoms with van der Waals surface area (Å²) in [7, 11) is 1.87. The molecule has 0 aromatic carbocycles. The minimum atomic E-state index is -0.580. The summed E-state index contributed by atoms with van der Waals surface area (Å²) < 4.78 is 13.9. The van der Waals surface area contributed by atoms with Gasteiger partial charge in [-0.05, 0) is 33.8 Å². The molecule has 0 saturated heterocycles. The molecule has 0 radical (unpaired) electrons. The molecule has 3 heterocycles. The third-order valence-corrected chi connectivity index (χ3v) is 4.55. The van der Waals surface area contributed by atoms with Crippen molar-refractivity contribution in [1.82, 2.24) is 24.7 Å². The normalized spacial score (nSPS) is 11.4. The molecule has 3 rings (SSSR count). The van der Waals surface area contributed by atoms with Crippen molar-refractivity contribution >= 4 is 23.3 Å². The highest BCUT2D eigenvalue weighted by Crippen LogP contribution is 2.25. The molecule has 0 unspecified atom stereocenters. The van der Waals surface area contributed by atoms with Crippen LogP contribution in [0.25, 0.3) is 16.6 Å². The maximum atomic E-state index is 12.2. The Bertz CT molecular complexity index is 1080. The number of rotatable bonds is 8. The first-order chi connectivity index (χ1) is 15.2. The molecule has 0 spiro atoms. The van der Waals surface area contributed by atoms with E-state index in [0.29, 0.717) is 19.7 Å². The Morgan fingerprint density at radius 2 is 1.91 bits per heavy atom. The van der Waals surface area contributed by atoms with Crippen LogP contribution >= 0.6 is 0 Å². The lowest BCUT2D eigenvalue weighted by molar-refractivity contribution is -0.141. The lowest BCUT2D eigenvalue weighted by atomic mass is 10.1. The standard InChI is InChI=1S/C22H30N6O4/c1-6-31-20(29)15-27(10-9-23-21(30)32-22(2,3)4)19-12-25-28-14-16(7-8-18(19)28)17-11-24-26(5)13-17/h7-8,11-14H,6,9-10,15H2,1-5H3,(H,23,30). The third-order valence-electron chi connectivity index (χ3n) is 4.55. The summed E-state index contributed by atoms with van der Waals surface area (Å²) in [6.45, 7) is 8.18. The van der Waals surface area contributed by atoms with Crippen molar-refractivity contribution in [3.8, 4) is 11.1 Å². The zero-order valence-corrected chi connectivity index (χ0v) is 19.2. The number of aromatic nitrogens is 4. The van der Waals surface area contributed by atoms with Crippen LogP contribution in [0.3, 0.4) is 0 Å². The van der Waals surface area contributed by atoms with Gasteiger partial charge in [0.25, 0.3) is 0 Å². The number of nitrogens with one attached hydrogen (secondary N) is 1. The number of amides is 1. The van der Waals surface area contributed by atoms with Gasteiger partial charge in [0, 0.05) is 43.7 Å². The zero-order valence-electron chi connectivity index (χ0n) is 19.2. The topological polar surface area (TPSA) is 103 Å². The molecule has 0 fully saturated rings. The number of hydrogen-bond donors (Lipinski definition) is 1. The summed E-state index contributed by atoms with van der Waals surface area (Å²) in [6.07, 6.45) is 6.84. The number of aryl methyl sites for hydroxylation is 1. The fourth-order valence-electron chi connectivity index (χ4n) is 3.21. The number of carbonyl (C=O) groups excluding carboxylic acids is 2. The first kappa shape index (κ1) is 23.1. The van der Waals surface area contributed by atoms with E-state index in [0.717, 1.165) is 22.3 Å². The van der Waals surface area contributed by atoms with Crippen molar-refractivity contribution < 1.29 is 19.1 Å². The average molecular weight is 443 g/mol. The van der Waals surface area contributed by atoms with Crippen LogP contribution in [0, 0.1) is 0 Å². The number of anilines is 1. The number of pyridine rings is 1. The minimum absolute atomic E-state index is 0.0373. The van der Waals surface area contributed by atoms with Crippen molar-refractivity contribution in [2.75, 3.05) is 31.1 Å².